The Balaban J connectivity index is 2.53. The molecule has 2 aromatic heterocycles. The van der Waals surface area contributed by atoms with Crippen molar-refractivity contribution in [3.63, 3.8) is 0 Å². The third-order valence-corrected chi connectivity index (χ3v) is 2.11. The van der Waals surface area contributed by atoms with E-state index in [1.54, 1.807) is 10.9 Å². The Morgan fingerprint density at radius 1 is 1.55 bits per heavy atom. The molecule has 0 fully saturated rings. The topological polar surface area (TPSA) is 56.0 Å². The molecule has 0 amide bonds. The summed E-state index contributed by atoms with van der Waals surface area (Å²) in [6, 6.07) is 0. The molecule has 0 aromatic carbocycles. The molecule has 0 N–H and O–H groups in total. The lowest BCUT2D eigenvalue weighted by Crippen LogP contribution is -1.81. The molecule has 0 spiro atoms. The highest BCUT2D eigenvalue weighted by Gasteiger charge is 2.05. The Morgan fingerprint density at radius 3 is 3.00 bits per heavy atom. The summed E-state index contributed by atoms with van der Waals surface area (Å²) in [7, 11) is 0. The van der Waals surface area contributed by atoms with E-state index in [1.807, 2.05) is 0 Å². The maximum absolute atomic E-state index is 10.6. The zero-order valence-corrected chi connectivity index (χ0v) is 6.82. The molecule has 0 aliphatic carbocycles. The van der Waals surface area contributed by atoms with Crippen molar-refractivity contribution in [3.05, 3.63) is 20.6 Å². The molecule has 0 saturated heterocycles. The summed E-state index contributed by atoms with van der Waals surface area (Å²) >= 11 is 2.23. The number of aromatic nitrogens is 2. The van der Waals surface area contributed by atoms with Crippen LogP contribution in [0, 0.1) is 0 Å². The first kappa shape index (κ1) is 6.68. The van der Waals surface area contributed by atoms with Crippen molar-refractivity contribution in [3.8, 4) is 11.6 Å². The van der Waals surface area contributed by atoms with Crippen LogP contribution in [0.15, 0.2) is 20.1 Å². The van der Waals surface area contributed by atoms with Crippen LogP contribution in [0.25, 0.3) is 11.6 Å². The van der Waals surface area contributed by atoms with Gasteiger partial charge in [-0.1, -0.05) is 0 Å². The summed E-state index contributed by atoms with van der Waals surface area (Å²) in [5.41, 5.74) is 2.28. The van der Waals surface area contributed by atoms with Gasteiger partial charge in [-0.05, 0) is 0 Å². The van der Waals surface area contributed by atoms with Crippen molar-refractivity contribution >= 4 is 22.9 Å². The van der Waals surface area contributed by atoms with E-state index in [0.29, 0.717) is 11.6 Å². The van der Waals surface area contributed by atoms with E-state index in [1.165, 1.54) is 11.3 Å². The minimum absolute atomic E-state index is 0.307. The maximum atomic E-state index is 10.6. The molecular weight excluding hydrogens is 184 g/mol. The predicted octanol–water partition coefficient (Wildman–Crippen LogP) is 1.22. The normalized spacial score (nSPS) is 10.2. The zero-order valence-electron chi connectivity index (χ0n) is 5.18. The van der Waals surface area contributed by atoms with Crippen molar-refractivity contribution in [2.45, 2.75) is 0 Å². The number of nitrogens with zero attached hydrogens (tertiary/aromatic N) is 2. The molecule has 4 nitrogen and oxygen atoms in total. The first-order chi connectivity index (χ1) is 5.36. The molecule has 0 atom stereocenters. The first-order valence-corrected chi connectivity index (χ1v) is 4.43. The van der Waals surface area contributed by atoms with Gasteiger partial charge in [-0.15, -0.1) is 15.7 Å². The first-order valence-electron chi connectivity index (χ1n) is 2.71. The summed E-state index contributed by atoms with van der Waals surface area (Å²) in [6.45, 7) is 0. The molecular formula is C5H2N2O2S2. The van der Waals surface area contributed by atoms with Crippen LogP contribution in [-0.4, -0.2) is 9.36 Å². The molecule has 11 heavy (non-hydrogen) atoms. The van der Waals surface area contributed by atoms with E-state index in [4.69, 9.17) is 4.42 Å². The average molecular weight is 186 g/mol. The quantitative estimate of drug-likeness (QED) is 0.672. The van der Waals surface area contributed by atoms with Crippen LogP contribution < -0.4 is 4.94 Å². The van der Waals surface area contributed by atoms with Gasteiger partial charge < -0.3 is 4.42 Å². The Hall–Kier alpha value is -1.01. The predicted molar refractivity (Wildman–Crippen MR) is 41.8 cm³/mol. The molecule has 0 bridgehead atoms. The fraction of sp³-hybridized carbons (Fsp3) is 0. The van der Waals surface area contributed by atoms with Gasteiger partial charge in [0, 0.05) is 5.38 Å². The standard InChI is InChI=1S/C5H2N2O2S2/c8-5-9-4(7-11-5)3-1-10-2-6-3/h1-2H. The molecule has 0 radical (unpaired) electrons. The molecule has 0 unspecified atom stereocenters. The Bertz CT molecular complexity index is 389. The fourth-order valence-electron chi connectivity index (χ4n) is 0.612. The molecule has 0 aliphatic rings. The summed E-state index contributed by atoms with van der Waals surface area (Å²) < 4.78 is 8.49. The molecule has 0 saturated carbocycles. The second kappa shape index (κ2) is 2.55. The minimum atomic E-state index is -0.395. The number of thiazole rings is 1. The van der Waals surface area contributed by atoms with Crippen LogP contribution in [0.4, 0.5) is 0 Å². The molecule has 6 heteroatoms. The van der Waals surface area contributed by atoms with E-state index < -0.39 is 4.94 Å². The second-order valence-corrected chi connectivity index (χ2v) is 3.13. The van der Waals surface area contributed by atoms with E-state index in [2.05, 4.69) is 9.36 Å². The lowest BCUT2D eigenvalue weighted by molar-refractivity contribution is 0.541. The molecule has 2 rings (SSSR count). The van der Waals surface area contributed by atoms with Gasteiger partial charge in [0.1, 0.15) is 5.69 Å². The highest BCUT2D eigenvalue weighted by atomic mass is 32.1. The smallest absolute Gasteiger partial charge is 0.392 e. The monoisotopic (exact) mass is 186 g/mol. The fourth-order valence-corrected chi connectivity index (χ4v) is 1.54. The zero-order chi connectivity index (χ0) is 7.68. The lowest BCUT2D eigenvalue weighted by atomic mass is 10.5. The van der Waals surface area contributed by atoms with Crippen molar-refractivity contribution in [2.75, 3.05) is 0 Å². The van der Waals surface area contributed by atoms with Crippen molar-refractivity contribution in [1.29, 1.82) is 0 Å². The second-order valence-electron chi connectivity index (χ2n) is 1.71. The van der Waals surface area contributed by atoms with Crippen LogP contribution in [0.2, 0.25) is 0 Å². The largest absolute Gasteiger partial charge is 0.414 e. The Kier molecular flexibility index (Phi) is 1.55. The highest BCUT2D eigenvalue weighted by molar-refractivity contribution is 7.07. The van der Waals surface area contributed by atoms with E-state index in [0.717, 1.165) is 11.5 Å². The highest BCUT2D eigenvalue weighted by Crippen LogP contribution is 2.15. The van der Waals surface area contributed by atoms with Crippen LogP contribution >= 0.6 is 22.9 Å². The third-order valence-electron chi connectivity index (χ3n) is 1.03. The maximum Gasteiger partial charge on any atom is 0.414 e. The molecule has 0 aliphatic heterocycles. The SMILES string of the molecule is O=c1oc(-c2cscn2)ns1. The minimum Gasteiger partial charge on any atom is -0.392 e. The Morgan fingerprint density at radius 2 is 2.45 bits per heavy atom. The van der Waals surface area contributed by atoms with E-state index in [-0.39, 0.29) is 0 Å². The van der Waals surface area contributed by atoms with Crippen LogP contribution in [-0.2, 0) is 0 Å². The van der Waals surface area contributed by atoms with Crippen LogP contribution in [0.5, 0.6) is 0 Å². The number of rotatable bonds is 1. The van der Waals surface area contributed by atoms with Crippen LogP contribution in [0.3, 0.4) is 0 Å². The van der Waals surface area contributed by atoms with Crippen molar-refractivity contribution < 1.29 is 4.42 Å². The van der Waals surface area contributed by atoms with Crippen LogP contribution in [0.1, 0.15) is 0 Å². The third kappa shape index (κ3) is 1.22. The molecule has 2 heterocycles. The number of hydrogen-bond donors (Lipinski definition) is 0. The van der Waals surface area contributed by atoms with Gasteiger partial charge in [0.05, 0.1) is 17.0 Å². The van der Waals surface area contributed by atoms with Crippen molar-refractivity contribution in [1.82, 2.24) is 9.36 Å². The summed E-state index contributed by atoms with van der Waals surface area (Å²) in [5.74, 6) is 0.307. The van der Waals surface area contributed by atoms with Crippen molar-refractivity contribution in [2.24, 2.45) is 0 Å². The van der Waals surface area contributed by atoms with E-state index >= 15 is 0 Å². The van der Waals surface area contributed by atoms with Gasteiger partial charge in [-0.3, -0.25) is 0 Å². The Labute approximate surface area is 69.3 Å². The molecule has 56 valence electrons. The van der Waals surface area contributed by atoms with E-state index in [9.17, 15) is 4.79 Å². The van der Waals surface area contributed by atoms with Gasteiger partial charge >= 0.3 is 4.94 Å². The molecule has 2 aromatic rings. The number of hydrogen-bond acceptors (Lipinski definition) is 6. The lowest BCUT2D eigenvalue weighted by Gasteiger charge is -1.80. The summed E-state index contributed by atoms with van der Waals surface area (Å²) in [6.07, 6.45) is 0. The van der Waals surface area contributed by atoms with Gasteiger partial charge in [-0.2, -0.15) is 0 Å². The summed E-state index contributed by atoms with van der Waals surface area (Å²) in [5, 5.41) is 1.78. The van der Waals surface area contributed by atoms with Gasteiger partial charge in [0.25, 0.3) is 5.89 Å². The summed E-state index contributed by atoms with van der Waals surface area (Å²) in [4.78, 5) is 14.1. The van der Waals surface area contributed by atoms with Gasteiger partial charge in [-0.25, -0.2) is 9.78 Å². The van der Waals surface area contributed by atoms with Gasteiger partial charge in [0.15, 0.2) is 0 Å². The average Bonchev–Trinajstić information content (AvgIpc) is 2.55. The van der Waals surface area contributed by atoms with Gasteiger partial charge in [0.2, 0.25) is 0 Å².